The number of rotatable bonds is 9. The van der Waals surface area contributed by atoms with Gasteiger partial charge in [0.2, 0.25) is 11.8 Å². The third-order valence-corrected chi connectivity index (χ3v) is 4.14. The summed E-state index contributed by atoms with van der Waals surface area (Å²) in [5.74, 6) is 2.25. The van der Waals surface area contributed by atoms with Gasteiger partial charge in [0.25, 0.3) is 0 Å². The van der Waals surface area contributed by atoms with Crippen molar-refractivity contribution in [3.8, 4) is 0 Å². The van der Waals surface area contributed by atoms with Crippen molar-refractivity contribution in [3.63, 3.8) is 0 Å². The molecule has 0 aliphatic heterocycles. The molecule has 5 nitrogen and oxygen atoms in total. The first kappa shape index (κ1) is 14.0. The quantitative estimate of drug-likeness (QED) is 0.702. The molecule has 2 saturated carbocycles. The molecular formula is C15H25N3O2. The maximum atomic E-state index is 5.72. The largest absolute Gasteiger partial charge is 0.425 e. The maximum Gasteiger partial charge on any atom is 0.216 e. The van der Waals surface area contributed by atoms with Crippen molar-refractivity contribution in [1.29, 1.82) is 0 Å². The van der Waals surface area contributed by atoms with Gasteiger partial charge < -0.3 is 14.5 Å². The van der Waals surface area contributed by atoms with Crippen molar-refractivity contribution in [3.05, 3.63) is 11.8 Å². The van der Waals surface area contributed by atoms with Crippen LogP contribution in [0.1, 0.15) is 50.8 Å². The molecule has 1 heterocycles. The Morgan fingerprint density at radius 2 is 2.05 bits per heavy atom. The highest BCUT2D eigenvalue weighted by atomic mass is 16.5. The molecule has 20 heavy (non-hydrogen) atoms. The van der Waals surface area contributed by atoms with E-state index in [4.69, 9.17) is 9.15 Å². The van der Waals surface area contributed by atoms with E-state index in [1.807, 2.05) is 0 Å². The fourth-order valence-corrected chi connectivity index (χ4v) is 2.77. The first-order chi connectivity index (χ1) is 9.83. The number of aromatic nitrogens is 2. The molecule has 2 aliphatic carbocycles. The van der Waals surface area contributed by atoms with Gasteiger partial charge >= 0.3 is 0 Å². The van der Waals surface area contributed by atoms with Crippen LogP contribution in [0.5, 0.6) is 0 Å². The Morgan fingerprint density at radius 3 is 2.80 bits per heavy atom. The molecule has 112 valence electrons. The Bertz CT molecular complexity index is 411. The Morgan fingerprint density at radius 1 is 1.25 bits per heavy atom. The van der Waals surface area contributed by atoms with Gasteiger partial charge in [0.1, 0.15) is 0 Å². The smallest absolute Gasteiger partial charge is 0.216 e. The molecule has 0 aromatic carbocycles. The molecule has 5 heteroatoms. The van der Waals surface area contributed by atoms with E-state index in [0.717, 1.165) is 63.1 Å². The highest BCUT2D eigenvalue weighted by molar-refractivity contribution is 4.90. The van der Waals surface area contributed by atoms with E-state index in [0.29, 0.717) is 12.0 Å². The molecule has 0 atom stereocenters. The van der Waals surface area contributed by atoms with Crippen molar-refractivity contribution >= 4 is 0 Å². The summed E-state index contributed by atoms with van der Waals surface area (Å²) in [5, 5.41) is 11.8. The zero-order valence-electron chi connectivity index (χ0n) is 12.3. The Kier molecular flexibility index (Phi) is 4.68. The summed E-state index contributed by atoms with van der Waals surface area (Å²) in [6.07, 6.45) is 8.29. The molecule has 0 spiro atoms. The van der Waals surface area contributed by atoms with Crippen molar-refractivity contribution in [2.45, 2.75) is 64.0 Å². The average molecular weight is 279 g/mol. The molecular weight excluding hydrogens is 254 g/mol. The van der Waals surface area contributed by atoms with Crippen LogP contribution in [0.4, 0.5) is 0 Å². The van der Waals surface area contributed by atoms with Gasteiger partial charge in [0.15, 0.2) is 0 Å². The SMILES string of the molecule is CCOC1CC(Cc2nnc(CCCNC3CC3)o2)C1. The van der Waals surface area contributed by atoms with Gasteiger partial charge in [-0.1, -0.05) is 0 Å². The molecule has 0 radical (unpaired) electrons. The van der Waals surface area contributed by atoms with E-state index in [1.165, 1.54) is 12.8 Å². The minimum Gasteiger partial charge on any atom is -0.425 e. The van der Waals surface area contributed by atoms with Crippen molar-refractivity contribution in [2.24, 2.45) is 5.92 Å². The fourth-order valence-electron chi connectivity index (χ4n) is 2.77. The number of nitrogens with one attached hydrogen (secondary N) is 1. The molecule has 0 bridgehead atoms. The van der Waals surface area contributed by atoms with Gasteiger partial charge in [0, 0.05) is 25.5 Å². The Labute approximate surface area is 120 Å². The van der Waals surface area contributed by atoms with Gasteiger partial charge in [0.05, 0.1) is 6.10 Å². The molecule has 2 fully saturated rings. The van der Waals surface area contributed by atoms with Crippen LogP contribution in [0.2, 0.25) is 0 Å². The Hall–Kier alpha value is -0.940. The summed E-state index contributed by atoms with van der Waals surface area (Å²) in [5.41, 5.74) is 0. The lowest BCUT2D eigenvalue weighted by atomic mass is 9.80. The number of nitrogens with zero attached hydrogens (tertiary/aromatic N) is 2. The second-order valence-electron chi connectivity index (χ2n) is 6.04. The van der Waals surface area contributed by atoms with Crippen molar-refractivity contribution in [2.75, 3.05) is 13.2 Å². The van der Waals surface area contributed by atoms with Crippen LogP contribution in [0.25, 0.3) is 0 Å². The highest BCUT2D eigenvalue weighted by Gasteiger charge is 2.30. The normalized spacial score (nSPS) is 25.6. The summed E-state index contributed by atoms with van der Waals surface area (Å²) in [4.78, 5) is 0. The lowest BCUT2D eigenvalue weighted by Gasteiger charge is -2.33. The lowest BCUT2D eigenvalue weighted by molar-refractivity contribution is -0.0255. The van der Waals surface area contributed by atoms with E-state index in [9.17, 15) is 0 Å². The second kappa shape index (κ2) is 6.68. The van der Waals surface area contributed by atoms with Crippen LogP contribution in [0.15, 0.2) is 4.42 Å². The number of ether oxygens (including phenoxy) is 1. The summed E-state index contributed by atoms with van der Waals surface area (Å²) >= 11 is 0. The zero-order valence-corrected chi connectivity index (χ0v) is 12.3. The number of hydrogen-bond donors (Lipinski definition) is 1. The number of hydrogen-bond acceptors (Lipinski definition) is 5. The molecule has 0 saturated heterocycles. The van der Waals surface area contributed by atoms with Crippen LogP contribution in [0.3, 0.4) is 0 Å². The van der Waals surface area contributed by atoms with Crippen LogP contribution in [-0.4, -0.2) is 35.5 Å². The van der Waals surface area contributed by atoms with E-state index in [1.54, 1.807) is 0 Å². The van der Waals surface area contributed by atoms with Gasteiger partial charge in [-0.3, -0.25) is 0 Å². The monoisotopic (exact) mass is 279 g/mol. The molecule has 2 aliphatic rings. The summed E-state index contributed by atoms with van der Waals surface area (Å²) in [6.45, 7) is 3.92. The van der Waals surface area contributed by atoms with Crippen LogP contribution in [0, 0.1) is 5.92 Å². The van der Waals surface area contributed by atoms with Crippen molar-refractivity contribution < 1.29 is 9.15 Å². The Balaban J connectivity index is 1.32. The summed E-state index contributed by atoms with van der Waals surface area (Å²) in [7, 11) is 0. The van der Waals surface area contributed by atoms with E-state index < -0.39 is 0 Å². The minimum absolute atomic E-state index is 0.459. The lowest BCUT2D eigenvalue weighted by Crippen LogP contribution is -2.32. The summed E-state index contributed by atoms with van der Waals surface area (Å²) in [6, 6.07) is 0.783. The van der Waals surface area contributed by atoms with Crippen molar-refractivity contribution in [1.82, 2.24) is 15.5 Å². The predicted molar refractivity (Wildman–Crippen MR) is 75.5 cm³/mol. The molecule has 1 aromatic heterocycles. The molecule has 0 amide bonds. The third kappa shape index (κ3) is 4.03. The minimum atomic E-state index is 0.459. The van der Waals surface area contributed by atoms with E-state index in [-0.39, 0.29) is 0 Å². The first-order valence-corrected chi connectivity index (χ1v) is 7.99. The van der Waals surface area contributed by atoms with Gasteiger partial charge in [-0.25, -0.2) is 0 Å². The predicted octanol–water partition coefficient (Wildman–Crippen LogP) is 2.11. The zero-order chi connectivity index (χ0) is 13.8. The number of aryl methyl sites for hydroxylation is 1. The molecule has 3 rings (SSSR count). The van der Waals surface area contributed by atoms with Crippen LogP contribution >= 0.6 is 0 Å². The third-order valence-electron chi connectivity index (χ3n) is 4.14. The van der Waals surface area contributed by atoms with Crippen LogP contribution < -0.4 is 5.32 Å². The summed E-state index contributed by atoms with van der Waals surface area (Å²) < 4.78 is 11.3. The standard InChI is InChI=1S/C15H25N3O2/c1-2-19-13-8-11(9-13)10-15-18-17-14(20-15)4-3-7-16-12-5-6-12/h11-13,16H,2-10H2,1H3. The van der Waals surface area contributed by atoms with E-state index in [2.05, 4.69) is 22.4 Å². The molecule has 0 unspecified atom stereocenters. The first-order valence-electron chi connectivity index (χ1n) is 7.99. The highest BCUT2D eigenvalue weighted by Crippen LogP contribution is 2.32. The van der Waals surface area contributed by atoms with E-state index >= 15 is 0 Å². The topological polar surface area (TPSA) is 60.2 Å². The van der Waals surface area contributed by atoms with Gasteiger partial charge in [-0.2, -0.15) is 0 Å². The average Bonchev–Trinajstić information content (AvgIpc) is 3.12. The fraction of sp³-hybridized carbons (Fsp3) is 0.867. The maximum absolute atomic E-state index is 5.72. The van der Waals surface area contributed by atoms with Gasteiger partial charge in [-0.15, -0.1) is 10.2 Å². The second-order valence-corrected chi connectivity index (χ2v) is 6.04. The molecule has 1 aromatic rings. The van der Waals surface area contributed by atoms with Crippen LogP contribution in [-0.2, 0) is 17.6 Å². The van der Waals surface area contributed by atoms with Gasteiger partial charge in [-0.05, 0) is 51.5 Å². The molecule has 1 N–H and O–H groups in total.